The highest BCUT2D eigenvalue weighted by Crippen LogP contribution is 2.17. The van der Waals surface area contributed by atoms with Gasteiger partial charge in [0.05, 0.1) is 11.0 Å². The molecule has 2 rings (SSSR count). The lowest BCUT2D eigenvalue weighted by Gasteiger charge is -2.11. The van der Waals surface area contributed by atoms with E-state index in [0.717, 1.165) is 17.1 Å². The predicted octanol–water partition coefficient (Wildman–Crippen LogP) is 4.21. The molecule has 0 fully saturated rings. The van der Waals surface area contributed by atoms with Gasteiger partial charge in [0.15, 0.2) is 0 Å². The summed E-state index contributed by atoms with van der Waals surface area (Å²) >= 11 is 0. The fourth-order valence-corrected chi connectivity index (χ4v) is 2.30. The number of non-ortho nitro benzene ring substituents is 1. The first kappa shape index (κ1) is 19.2. The van der Waals surface area contributed by atoms with E-state index < -0.39 is 4.92 Å². The molecular formula is C19H23N3O4. The van der Waals surface area contributed by atoms with Crippen LogP contribution in [0.5, 0.6) is 5.75 Å². The normalized spacial score (nSPS) is 10.4. The van der Waals surface area contributed by atoms with Crippen LogP contribution in [0.3, 0.4) is 0 Å². The zero-order valence-corrected chi connectivity index (χ0v) is 14.9. The first-order valence-electron chi connectivity index (χ1n) is 8.49. The molecule has 0 aliphatic rings. The second kappa shape index (κ2) is 9.41. The summed E-state index contributed by atoms with van der Waals surface area (Å²) in [5, 5.41) is 16.6. The van der Waals surface area contributed by atoms with E-state index in [1.54, 1.807) is 12.1 Å². The average Bonchev–Trinajstić information content (AvgIpc) is 2.60. The maximum absolute atomic E-state index is 12.0. The summed E-state index contributed by atoms with van der Waals surface area (Å²) in [5.41, 5.74) is 1.57. The third-order valence-electron chi connectivity index (χ3n) is 3.50. The molecule has 0 unspecified atom stereocenters. The lowest BCUT2D eigenvalue weighted by atomic mass is 10.2. The van der Waals surface area contributed by atoms with Crippen molar-refractivity contribution in [1.29, 1.82) is 0 Å². The number of amides is 1. The number of carbonyl (C=O) groups is 1. The van der Waals surface area contributed by atoms with Gasteiger partial charge in [-0.15, -0.1) is 0 Å². The molecule has 2 aromatic carbocycles. The van der Waals surface area contributed by atoms with Gasteiger partial charge >= 0.3 is 0 Å². The van der Waals surface area contributed by atoms with Gasteiger partial charge in [-0.05, 0) is 56.7 Å². The number of carbonyl (C=O) groups excluding carboxylic acids is 1. The molecule has 0 bridgehead atoms. The number of anilines is 2. The number of hydrogen-bond acceptors (Lipinski definition) is 5. The molecule has 0 saturated carbocycles. The Morgan fingerprint density at radius 2 is 1.69 bits per heavy atom. The van der Waals surface area contributed by atoms with E-state index in [1.807, 2.05) is 38.1 Å². The topological polar surface area (TPSA) is 93.5 Å². The van der Waals surface area contributed by atoms with Crippen molar-refractivity contribution in [2.75, 3.05) is 17.2 Å². The number of benzene rings is 2. The third-order valence-corrected chi connectivity index (χ3v) is 3.50. The number of ether oxygens (including phenoxy) is 1. The van der Waals surface area contributed by atoms with Crippen LogP contribution in [-0.2, 0) is 4.79 Å². The molecule has 0 spiro atoms. The summed E-state index contributed by atoms with van der Waals surface area (Å²) in [5.74, 6) is 0.707. The van der Waals surface area contributed by atoms with Crippen molar-refractivity contribution >= 4 is 23.0 Å². The number of nitro groups is 1. The Labute approximate surface area is 152 Å². The van der Waals surface area contributed by atoms with Gasteiger partial charge in [-0.1, -0.05) is 0 Å². The van der Waals surface area contributed by atoms with Gasteiger partial charge in [-0.25, -0.2) is 0 Å². The summed E-state index contributed by atoms with van der Waals surface area (Å²) < 4.78 is 5.56. The van der Waals surface area contributed by atoms with Crippen LogP contribution in [0.1, 0.15) is 26.7 Å². The minimum atomic E-state index is -0.435. The molecule has 1 amide bonds. The fraction of sp³-hybridized carbons (Fsp3) is 0.316. The molecule has 2 N–H and O–H groups in total. The Kier molecular flexibility index (Phi) is 6.96. The number of hydrogen-bond donors (Lipinski definition) is 2. The summed E-state index contributed by atoms with van der Waals surface area (Å²) in [7, 11) is 0. The highest BCUT2D eigenvalue weighted by Gasteiger charge is 2.05. The zero-order valence-electron chi connectivity index (χ0n) is 14.9. The minimum Gasteiger partial charge on any atom is -0.491 e. The molecule has 2 aromatic rings. The summed E-state index contributed by atoms with van der Waals surface area (Å²) in [6, 6.07) is 13.5. The monoisotopic (exact) mass is 357 g/mol. The largest absolute Gasteiger partial charge is 0.491 e. The molecule has 138 valence electrons. The van der Waals surface area contributed by atoms with Crippen molar-refractivity contribution in [2.45, 2.75) is 32.8 Å². The second-order valence-electron chi connectivity index (χ2n) is 6.07. The lowest BCUT2D eigenvalue weighted by molar-refractivity contribution is -0.384. The number of nitrogens with zero attached hydrogens (tertiary/aromatic N) is 1. The molecule has 0 aliphatic heterocycles. The van der Waals surface area contributed by atoms with Crippen molar-refractivity contribution < 1.29 is 14.5 Å². The number of nitro benzene ring substituents is 1. The minimum absolute atomic E-state index is 0.0553. The maximum atomic E-state index is 12.0. The predicted molar refractivity (Wildman–Crippen MR) is 102 cm³/mol. The van der Waals surface area contributed by atoms with Gasteiger partial charge in [-0.2, -0.15) is 0 Å². The van der Waals surface area contributed by atoms with Crippen LogP contribution in [0.25, 0.3) is 0 Å². The van der Waals surface area contributed by atoms with Crippen molar-refractivity contribution in [2.24, 2.45) is 0 Å². The van der Waals surface area contributed by atoms with Crippen LogP contribution in [-0.4, -0.2) is 23.5 Å². The van der Waals surface area contributed by atoms with Gasteiger partial charge < -0.3 is 15.4 Å². The van der Waals surface area contributed by atoms with Gasteiger partial charge in [-0.3, -0.25) is 14.9 Å². The fourth-order valence-electron chi connectivity index (χ4n) is 2.30. The molecule has 7 nitrogen and oxygen atoms in total. The van der Waals surface area contributed by atoms with Crippen LogP contribution >= 0.6 is 0 Å². The van der Waals surface area contributed by atoms with Gasteiger partial charge in [0.2, 0.25) is 5.91 Å². The molecule has 0 atom stereocenters. The Bertz CT molecular complexity index is 727. The molecule has 0 aromatic heterocycles. The van der Waals surface area contributed by atoms with Crippen LogP contribution in [0.4, 0.5) is 17.1 Å². The average molecular weight is 357 g/mol. The highest BCUT2D eigenvalue weighted by atomic mass is 16.6. The van der Waals surface area contributed by atoms with Crippen molar-refractivity contribution in [3.63, 3.8) is 0 Å². The molecular weight excluding hydrogens is 334 g/mol. The SMILES string of the molecule is CC(C)Oc1ccc(NC(=O)CCCNc2ccc([N+](=O)[O-])cc2)cc1. The molecule has 7 heteroatoms. The van der Waals surface area contributed by atoms with Crippen LogP contribution in [0.2, 0.25) is 0 Å². The van der Waals surface area contributed by atoms with Crippen LogP contribution in [0, 0.1) is 10.1 Å². The van der Waals surface area contributed by atoms with E-state index in [2.05, 4.69) is 10.6 Å². The van der Waals surface area contributed by atoms with E-state index in [1.165, 1.54) is 12.1 Å². The Balaban J connectivity index is 1.69. The number of nitrogens with one attached hydrogen (secondary N) is 2. The standard InChI is InChI=1S/C19H23N3O4/c1-14(2)26-18-11-7-16(8-12-18)21-19(23)4-3-13-20-15-5-9-17(10-6-15)22(24)25/h5-12,14,20H,3-4,13H2,1-2H3,(H,21,23). The first-order chi connectivity index (χ1) is 12.4. The van der Waals surface area contributed by atoms with Crippen molar-refractivity contribution in [1.82, 2.24) is 0 Å². The zero-order chi connectivity index (χ0) is 18.9. The summed E-state index contributed by atoms with van der Waals surface area (Å²) in [6.07, 6.45) is 1.14. The molecule has 0 aliphatic carbocycles. The molecule has 26 heavy (non-hydrogen) atoms. The smallest absolute Gasteiger partial charge is 0.269 e. The van der Waals surface area contributed by atoms with Crippen molar-refractivity contribution in [3.05, 3.63) is 58.6 Å². The van der Waals surface area contributed by atoms with E-state index >= 15 is 0 Å². The van der Waals surface area contributed by atoms with Gasteiger partial charge in [0.1, 0.15) is 5.75 Å². The van der Waals surface area contributed by atoms with Crippen LogP contribution in [0.15, 0.2) is 48.5 Å². The Morgan fingerprint density at radius 3 is 2.27 bits per heavy atom. The Hall–Kier alpha value is -3.09. The van der Waals surface area contributed by atoms with Crippen LogP contribution < -0.4 is 15.4 Å². The summed E-state index contributed by atoms with van der Waals surface area (Å²) in [4.78, 5) is 22.1. The second-order valence-corrected chi connectivity index (χ2v) is 6.07. The van der Waals surface area contributed by atoms with Gasteiger partial charge in [0, 0.05) is 36.5 Å². The quantitative estimate of drug-likeness (QED) is 0.398. The highest BCUT2D eigenvalue weighted by molar-refractivity contribution is 5.90. The van der Waals surface area contributed by atoms with Gasteiger partial charge in [0.25, 0.3) is 5.69 Å². The molecule has 0 saturated heterocycles. The third kappa shape index (κ3) is 6.43. The lowest BCUT2D eigenvalue weighted by Crippen LogP contribution is -2.13. The number of rotatable bonds is 9. The Morgan fingerprint density at radius 1 is 1.08 bits per heavy atom. The van der Waals surface area contributed by atoms with E-state index in [-0.39, 0.29) is 17.7 Å². The van der Waals surface area contributed by atoms with E-state index in [4.69, 9.17) is 4.74 Å². The summed E-state index contributed by atoms with van der Waals surface area (Å²) in [6.45, 7) is 4.52. The molecule has 0 heterocycles. The first-order valence-corrected chi connectivity index (χ1v) is 8.49. The molecule has 0 radical (unpaired) electrons. The van der Waals surface area contributed by atoms with Crippen molar-refractivity contribution in [3.8, 4) is 5.75 Å². The van der Waals surface area contributed by atoms with E-state index in [0.29, 0.717) is 19.4 Å². The van der Waals surface area contributed by atoms with E-state index in [9.17, 15) is 14.9 Å². The maximum Gasteiger partial charge on any atom is 0.269 e.